The van der Waals surface area contributed by atoms with Gasteiger partial charge in [-0.25, -0.2) is 4.79 Å². The fourth-order valence-electron chi connectivity index (χ4n) is 2.79. The first kappa shape index (κ1) is 18.3. The highest BCUT2D eigenvalue weighted by Crippen LogP contribution is 2.19. The maximum absolute atomic E-state index is 12.1. The molecule has 1 fully saturated rings. The monoisotopic (exact) mass is 332 g/mol. The first-order chi connectivity index (χ1) is 11.2. The van der Waals surface area contributed by atoms with Crippen molar-refractivity contribution in [1.29, 1.82) is 0 Å². The molecule has 1 aromatic carbocycles. The molecular formula is C19H28N2O3. The van der Waals surface area contributed by atoms with Gasteiger partial charge in [0.05, 0.1) is 6.42 Å². The van der Waals surface area contributed by atoms with E-state index in [1.54, 1.807) is 4.90 Å². The molecule has 2 amide bonds. The van der Waals surface area contributed by atoms with Crippen molar-refractivity contribution in [2.45, 2.75) is 46.1 Å². The quantitative estimate of drug-likeness (QED) is 0.922. The molecule has 2 rings (SSSR count). The van der Waals surface area contributed by atoms with Crippen LogP contribution in [0.5, 0.6) is 0 Å². The van der Waals surface area contributed by atoms with Crippen LogP contribution in [-0.2, 0) is 16.0 Å². The van der Waals surface area contributed by atoms with Crippen LogP contribution in [0.15, 0.2) is 24.3 Å². The molecule has 0 aromatic heterocycles. The topological polar surface area (TPSA) is 58.6 Å². The van der Waals surface area contributed by atoms with E-state index in [9.17, 15) is 9.59 Å². The van der Waals surface area contributed by atoms with Crippen molar-refractivity contribution in [3.8, 4) is 0 Å². The molecule has 0 radical (unpaired) electrons. The van der Waals surface area contributed by atoms with E-state index >= 15 is 0 Å². The van der Waals surface area contributed by atoms with E-state index in [1.165, 1.54) is 0 Å². The zero-order chi connectivity index (χ0) is 17.7. The van der Waals surface area contributed by atoms with Crippen LogP contribution in [0.3, 0.4) is 0 Å². The van der Waals surface area contributed by atoms with Crippen molar-refractivity contribution in [3.05, 3.63) is 35.4 Å². The van der Waals surface area contributed by atoms with Gasteiger partial charge in [-0.2, -0.15) is 0 Å². The van der Waals surface area contributed by atoms with Gasteiger partial charge in [-0.05, 0) is 51.2 Å². The summed E-state index contributed by atoms with van der Waals surface area (Å²) in [5, 5.41) is 2.99. The molecule has 0 bridgehead atoms. The lowest BCUT2D eigenvalue weighted by molar-refractivity contribution is -0.120. The van der Waals surface area contributed by atoms with Gasteiger partial charge in [0.1, 0.15) is 5.60 Å². The molecule has 5 heteroatoms. The third-order valence-corrected chi connectivity index (χ3v) is 4.14. The van der Waals surface area contributed by atoms with Crippen molar-refractivity contribution >= 4 is 12.0 Å². The van der Waals surface area contributed by atoms with E-state index in [-0.39, 0.29) is 12.0 Å². The number of aryl methyl sites for hydroxylation is 1. The Kier molecular flexibility index (Phi) is 5.86. The Balaban J connectivity index is 1.75. The molecule has 1 aliphatic rings. The van der Waals surface area contributed by atoms with E-state index in [4.69, 9.17) is 4.74 Å². The number of hydrogen-bond acceptors (Lipinski definition) is 3. The second-order valence-electron chi connectivity index (χ2n) is 7.49. The zero-order valence-corrected chi connectivity index (χ0v) is 15.1. The van der Waals surface area contributed by atoms with Crippen LogP contribution < -0.4 is 5.32 Å². The number of carbonyl (C=O) groups is 2. The Morgan fingerprint density at radius 2 is 2.00 bits per heavy atom. The largest absolute Gasteiger partial charge is 0.444 e. The van der Waals surface area contributed by atoms with Gasteiger partial charge in [-0.1, -0.05) is 24.3 Å². The molecule has 0 unspecified atom stereocenters. The number of rotatable bonds is 4. The molecule has 0 saturated carbocycles. The molecule has 1 N–H and O–H groups in total. The minimum absolute atomic E-state index is 0.0278. The fraction of sp³-hybridized carbons (Fsp3) is 0.579. The third kappa shape index (κ3) is 5.55. The van der Waals surface area contributed by atoms with E-state index < -0.39 is 5.60 Å². The summed E-state index contributed by atoms with van der Waals surface area (Å²) >= 11 is 0. The highest BCUT2D eigenvalue weighted by atomic mass is 16.6. The molecule has 1 atom stereocenters. The maximum Gasteiger partial charge on any atom is 0.410 e. The zero-order valence-electron chi connectivity index (χ0n) is 15.1. The van der Waals surface area contributed by atoms with Crippen molar-refractivity contribution in [3.63, 3.8) is 0 Å². The molecule has 5 nitrogen and oxygen atoms in total. The average molecular weight is 332 g/mol. The number of carbonyl (C=O) groups excluding carboxylic acids is 2. The standard InChI is InChI=1S/C19H28N2O3/c1-14-7-5-6-8-16(14)11-17(22)20-12-15-9-10-21(13-15)18(23)24-19(2,3)4/h5-8,15H,9-13H2,1-4H3,(H,20,22)/t15-/m0/s1. The highest BCUT2D eigenvalue weighted by molar-refractivity contribution is 5.78. The summed E-state index contributed by atoms with van der Waals surface area (Å²) in [5.74, 6) is 0.318. The second-order valence-corrected chi connectivity index (χ2v) is 7.49. The van der Waals surface area contributed by atoms with Crippen molar-refractivity contribution < 1.29 is 14.3 Å². The molecule has 24 heavy (non-hydrogen) atoms. The number of amides is 2. The third-order valence-electron chi connectivity index (χ3n) is 4.14. The van der Waals surface area contributed by atoms with Crippen LogP contribution in [0, 0.1) is 12.8 Å². The first-order valence-corrected chi connectivity index (χ1v) is 8.54. The lowest BCUT2D eigenvalue weighted by Crippen LogP contribution is -2.36. The van der Waals surface area contributed by atoms with Gasteiger partial charge in [0.2, 0.25) is 5.91 Å². The van der Waals surface area contributed by atoms with E-state index in [2.05, 4.69) is 5.32 Å². The number of benzene rings is 1. The highest BCUT2D eigenvalue weighted by Gasteiger charge is 2.29. The molecule has 1 heterocycles. The second kappa shape index (κ2) is 7.69. The van der Waals surface area contributed by atoms with Crippen LogP contribution in [0.25, 0.3) is 0 Å². The number of likely N-dealkylation sites (tertiary alicyclic amines) is 1. The molecule has 0 aliphatic carbocycles. The predicted molar refractivity (Wildman–Crippen MR) is 93.8 cm³/mol. The molecule has 0 spiro atoms. The van der Waals surface area contributed by atoms with E-state index in [1.807, 2.05) is 52.0 Å². The number of nitrogens with one attached hydrogen (secondary N) is 1. The predicted octanol–water partition coefficient (Wildman–Crippen LogP) is 2.91. The van der Waals surface area contributed by atoms with E-state index in [0.717, 1.165) is 17.5 Å². The maximum atomic E-state index is 12.1. The lowest BCUT2D eigenvalue weighted by Gasteiger charge is -2.24. The van der Waals surface area contributed by atoms with E-state index in [0.29, 0.717) is 32.0 Å². The summed E-state index contributed by atoms with van der Waals surface area (Å²) in [7, 11) is 0. The van der Waals surface area contributed by atoms with Gasteiger partial charge in [0, 0.05) is 19.6 Å². The van der Waals surface area contributed by atoms with Gasteiger partial charge < -0.3 is 15.0 Å². The number of hydrogen-bond donors (Lipinski definition) is 1. The summed E-state index contributed by atoms with van der Waals surface area (Å²) in [5.41, 5.74) is 1.71. The summed E-state index contributed by atoms with van der Waals surface area (Å²) in [6.07, 6.45) is 1.02. The minimum atomic E-state index is -0.475. The smallest absolute Gasteiger partial charge is 0.410 e. The Labute approximate surface area is 144 Å². The molecule has 1 aliphatic heterocycles. The fourth-order valence-corrected chi connectivity index (χ4v) is 2.79. The van der Waals surface area contributed by atoms with Crippen LogP contribution in [0.2, 0.25) is 0 Å². The van der Waals surface area contributed by atoms with Gasteiger partial charge >= 0.3 is 6.09 Å². The van der Waals surface area contributed by atoms with Crippen molar-refractivity contribution in [1.82, 2.24) is 10.2 Å². The number of nitrogens with zero attached hydrogens (tertiary/aromatic N) is 1. The minimum Gasteiger partial charge on any atom is -0.444 e. The van der Waals surface area contributed by atoms with Crippen LogP contribution in [0.1, 0.15) is 38.3 Å². The summed E-state index contributed by atoms with van der Waals surface area (Å²) in [4.78, 5) is 25.9. The number of ether oxygens (including phenoxy) is 1. The normalized spacial score (nSPS) is 17.7. The molecule has 132 valence electrons. The first-order valence-electron chi connectivity index (χ1n) is 8.54. The van der Waals surface area contributed by atoms with Crippen LogP contribution >= 0.6 is 0 Å². The van der Waals surface area contributed by atoms with Crippen molar-refractivity contribution in [2.75, 3.05) is 19.6 Å². The molecule has 1 aromatic rings. The Hall–Kier alpha value is -2.04. The Morgan fingerprint density at radius 1 is 1.29 bits per heavy atom. The summed E-state index contributed by atoms with van der Waals surface area (Å²) in [6.45, 7) is 9.54. The summed E-state index contributed by atoms with van der Waals surface area (Å²) < 4.78 is 5.39. The van der Waals surface area contributed by atoms with Gasteiger partial charge in [0.25, 0.3) is 0 Å². The van der Waals surface area contributed by atoms with Crippen LogP contribution in [-0.4, -0.2) is 42.1 Å². The molecule has 1 saturated heterocycles. The Morgan fingerprint density at radius 3 is 2.67 bits per heavy atom. The van der Waals surface area contributed by atoms with Gasteiger partial charge in [0.15, 0.2) is 0 Å². The van der Waals surface area contributed by atoms with Crippen LogP contribution in [0.4, 0.5) is 4.79 Å². The van der Waals surface area contributed by atoms with Crippen molar-refractivity contribution in [2.24, 2.45) is 5.92 Å². The lowest BCUT2D eigenvalue weighted by atomic mass is 10.1. The Bertz CT molecular complexity index is 593. The average Bonchev–Trinajstić information content (AvgIpc) is 2.95. The SMILES string of the molecule is Cc1ccccc1CC(=O)NC[C@@H]1CCN(C(=O)OC(C)(C)C)C1. The summed E-state index contributed by atoms with van der Waals surface area (Å²) in [6, 6.07) is 7.92. The molecular weight excluding hydrogens is 304 g/mol. The van der Waals surface area contributed by atoms with Gasteiger partial charge in [-0.3, -0.25) is 4.79 Å². The van der Waals surface area contributed by atoms with Gasteiger partial charge in [-0.15, -0.1) is 0 Å².